The zero-order chi connectivity index (χ0) is 10.1. The molecule has 0 radical (unpaired) electrons. The van der Waals surface area contributed by atoms with Crippen molar-refractivity contribution >= 4 is 22.1 Å². The third-order valence-electron chi connectivity index (χ3n) is 1.92. The molecule has 0 spiro atoms. The minimum Gasteiger partial charge on any atom is -0.610 e. The average Bonchev–Trinajstić information content (AvgIpc) is 2.18. The summed E-state index contributed by atoms with van der Waals surface area (Å²) in [7, 11) is 0. The van der Waals surface area contributed by atoms with Crippen molar-refractivity contribution in [2.45, 2.75) is 5.03 Å². The monoisotopic (exact) mass is 208 g/mol. The maximum Gasteiger partial charge on any atom is 0.309 e. The molecule has 0 saturated heterocycles. The number of aromatic amines is 1. The molecule has 14 heavy (non-hydrogen) atoms. The van der Waals surface area contributed by atoms with Gasteiger partial charge in [-0.3, -0.25) is 9.89 Å². The van der Waals surface area contributed by atoms with E-state index in [1.807, 2.05) is 6.07 Å². The van der Waals surface area contributed by atoms with Crippen LogP contribution in [0.25, 0.3) is 10.9 Å². The highest BCUT2D eigenvalue weighted by Crippen LogP contribution is 2.07. The van der Waals surface area contributed by atoms with Crippen LogP contribution in [0.3, 0.4) is 0 Å². The summed E-state index contributed by atoms with van der Waals surface area (Å²) in [6.07, 6.45) is 1.44. The van der Waals surface area contributed by atoms with Crippen LogP contribution in [0.5, 0.6) is 0 Å². The molecule has 0 aliphatic rings. The van der Waals surface area contributed by atoms with Crippen LogP contribution in [0.1, 0.15) is 0 Å². The number of nitrogens with zero attached hydrogens (tertiary/aromatic N) is 1. The van der Waals surface area contributed by atoms with Crippen molar-refractivity contribution in [1.29, 1.82) is 0 Å². The van der Waals surface area contributed by atoms with E-state index in [0.29, 0.717) is 10.9 Å². The van der Waals surface area contributed by atoms with Crippen LogP contribution in [0, 0.1) is 0 Å². The number of hydrogen-bond donors (Lipinski definition) is 1. The lowest BCUT2D eigenvalue weighted by Crippen LogP contribution is -2.17. The van der Waals surface area contributed by atoms with Gasteiger partial charge in [-0.15, -0.1) is 5.10 Å². The molecule has 0 saturated carbocycles. The number of rotatable bonds is 1. The molecule has 1 aromatic carbocycles. The first kappa shape index (κ1) is 9.23. The second kappa shape index (κ2) is 3.43. The number of H-pyrrole nitrogens is 1. The SMILES string of the molecule is C[S+]([O-])c1n[nH]c2ccccc2c1=O. The molecule has 2 aromatic rings. The summed E-state index contributed by atoms with van der Waals surface area (Å²) in [6.45, 7) is 0. The summed E-state index contributed by atoms with van der Waals surface area (Å²) in [4.78, 5) is 11.7. The maximum absolute atomic E-state index is 11.7. The maximum atomic E-state index is 11.7. The fourth-order valence-electron chi connectivity index (χ4n) is 1.25. The fraction of sp³-hybridized carbons (Fsp3) is 0.111. The van der Waals surface area contributed by atoms with Gasteiger partial charge in [0.25, 0.3) is 5.43 Å². The molecule has 1 atom stereocenters. The number of hydrogen-bond acceptors (Lipinski definition) is 3. The zero-order valence-electron chi connectivity index (χ0n) is 7.48. The van der Waals surface area contributed by atoms with Gasteiger partial charge in [0, 0.05) is 11.2 Å². The minimum absolute atomic E-state index is 0.0729. The summed E-state index contributed by atoms with van der Waals surface area (Å²) in [6, 6.07) is 7.01. The summed E-state index contributed by atoms with van der Waals surface area (Å²) >= 11 is -1.35. The zero-order valence-corrected chi connectivity index (χ0v) is 8.30. The normalized spacial score (nSPS) is 13.0. The van der Waals surface area contributed by atoms with Gasteiger partial charge in [0.05, 0.1) is 10.9 Å². The first-order valence-corrected chi connectivity index (χ1v) is 5.57. The summed E-state index contributed by atoms with van der Waals surface area (Å²) < 4.78 is 11.1. The number of aromatic nitrogens is 2. The van der Waals surface area contributed by atoms with E-state index in [-0.39, 0.29) is 10.5 Å². The Morgan fingerprint density at radius 3 is 2.86 bits per heavy atom. The lowest BCUT2D eigenvalue weighted by atomic mass is 10.2. The molecule has 0 bridgehead atoms. The molecule has 4 nitrogen and oxygen atoms in total. The van der Waals surface area contributed by atoms with Gasteiger partial charge in [-0.2, -0.15) is 0 Å². The summed E-state index contributed by atoms with van der Waals surface area (Å²) in [5.74, 6) is 0. The Morgan fingerprint density at radius 1 is 1.43 bits per heavy atom. The largest absolute Gasteiger partial charge is 0.610 e. The predicted molar refractivity (Wildman–Crippen MR) is 54.7 cm³/mol. The molecule has 1 heterocycles. The van der Waals surface area contributed by atoms with Crippen LogP contribution in [0.2, 0.25) is 0 Å². The molecule has 0 aliphatic carbocycles. The number of para-hydroxylation sites is 1. The van der Waals surface area contributed by atoms with E-state index in [2.05, 4.69) is 10.2 Å². The topological polar surface area (TPSA) is 68.8 Å². The lowest BCUT2D eigenvalue weighted by Gasteiger charge is -2.02. The highest BCUT2D eigenvalue weighted by molar-refractivity contribution is 7.90. The van der Waals surface area contributed by atoms with Gasteiger partial charge in [-0.1, -0.05) is 12.1 Å². The Morgan fingerprint density at radius 2 is 2.14 bits per heavy atom. The van der Waals surface area contributed by atoms with Gasteiger partial charge in [0.1, 0.15) is 6.26 Å². The van der Waals surface area contributed by atoms with Crippen LogP contribution in [0.4, 0.5) is 0 Å². The fourth-order valence-corrected chi connectivity index (χ4v) is 1.80. The second-order valence-corrected chi connectivity index (χ2v) is 4.15. The van der Waals surface area contributed by atoms with Gasteiger partial charge in [0.15, 0.2) is 0 Å². The molecule has 1 unspecified atom stereocenters. The van der Waals surface area contributed by atoms with E-state index in [0.717, 1.165) is 0 Å². The van der Waals surface area contributed by atoms with Crippen molar-refractivity contribution < 1.29 is 4.55 Å². The Labute approximate surface area is 83.1 Å². The van der Waals surface area contributed by atoms with Crippen molar-refractivity contribution in [2.75, 3.05) is 6.26 Å². The van der Waals surface area contributed by atoms with Crippen LogP contribution in [-0.2, 0) is 11.2 Å². The minimum atomic E-state index is -1.35. The van der Waals surface area contributed by atoms with E-state index >= 15 is 0 Å². The highest BCUT2D eigenvalue weighted by Gasteiger charge is 2.14. The molecule has 5 heteroatoms. The van der Waals surface area contributed by atoms with Crippen molar-refractivity contribution in [1.82, 2.24) is 10.2 Å². The molecule has 0 fully saturated rings. The van der Waals surface area contributed by atoms with Gasteiger partial charge in [0.2, 0.25) is 0 Å². The van der Waals surface area contributed by atoms with E-state index in [9.17, 15) is 9.35 Å². The van der Waals surface area contributed by atoms with Crippen molar-refractivity contribution in [2.24, 2.45) is 0 Å². The Balaban J connectivity index is 2.82. The Kier molecular flexibility index (Phi) is 2.26. The van der Waals surface area contributed by atoms with Gasteiger partial charge in [-0.05, 0) is 12.1 Å². The molecule has 0 amide bonds. The van der Waals surface area contributed by atoms with Crippen molar-refractivity contribution in [3.05, 3.63) is 34.5 Å². The second-order valence-electron chi connectivity index (χ2n) is 2.86. The Hall–Kier alpha value is -1.33. The summed E-state index contributed by atoms with van der Waals surface area (Å²) in [5.41, 5.74) is 0.395. The Bertz CT molecular complexity index is 521. The van der Waals surface area contributed by atoms with E-state index in [1.54, 1.807) is 18.2 Å². The lowest BCUT2D eigenvalue weighted by molar-refractivity contribution is 0.594. The molecular formula is C9H8N2O2S. The molecule has 1 aromatic heterocycles. The number of nitrogens with one attached hydrogen (secondary N) is 1. The van der Waals surface area contributed by atoms with Crippen molar-refractivity contribution in [3.63, 3.8) is 0 Å². The third kappa shape index (κ3) is 1.40. The van der Waals surface area contributed by atoms with Gasteiger partial charge < -0.3 is 4.55 Å². The van der Waals surface area contributed by atoms with Gasteiger partial charge in [-0.25, -0.2) is 0 Å². The number of benzene rings is 1. The molecule has 2 rings (SSSR count). The first-order valence-electron chi connectivity index (χ1n) is 4.01. The molecule has 1 N–H and O–H groups in total. The van der Waals surface area contributed by atoms with Crippen molar-refractivity contribution in [3.8, 4) is 0 Å². The smallest absolute Gasteiger partial charge is 0.309 e. The molecule has 0 aliphatic heterocycles. The first-order chi connectivity index (χ1) is 6.70. The molecular weight excluding hydrogens is 200 g/mol. The van der Waals surface area contributed by atoms with E-state index < -0.39 is 11.2 Å². The predicted octanol–water partition coefficient (Wildman–Crippen LogP) is 0.661. The van der Waals surface area contributed by atoms with Gasteiger partial charge >= 0.3 is 5.03 Å². The summed E-state index contributed by atoms with van der Waals surface area (Å²) in [5, 5.41) is 7.06. The van der Waals surface area contributed by atoms with Crippen LogP contribution in [-0.4, -0.2) is 21.0 Å². The quantitative estimate of drug-likeness (QED) is 0.700. The van der Waals surface area contributed by atoms with Crippen LogP contribution < -0.4 is 5.43 Å². The van der Waals surface area contributed by atoms with Crippen LogP contribution in [0.15, 0.2) is 34.1 Å². The highest BCUT2D eigenvalue weighted by atomic mass is 32.2. The average molecular weight is 208 g/mol. The third-order valence-corrected chi connectivity index (χ3v) is 2.74. The standard InChI is InChI=1S/C9H8N2O2S/c1-14(13)9-8(12)6-4-2-3-5-7(6)10-11-9/h2-5H,1H3,(H,10,12). The molecule has 72 valence electrons. The van der Waals surface area contributed by atoms with E-state index in [4.69, 9.17) is 0 Å². The number of fused-ring (bicyclic) bond motifs is 1. The van der Waals surface area contributed by atoms with E-state index in [1.165, 1.54) is 6.26 Å². The van der Waals surface area contributed by atoms with Crippen LogP contribution >= 0.6 is 0 Å².